The molecule has 0 saturated heterocycles. The molecule has 0 saturated carbocycles. The molecule has 2 heterocycles. The smallest absolute Gasteiger partial charge is 0.363 e. The van der Waals surface area contributed by atoms with Crippen LogP contribution in [-0.4, -0.2) is 15.0 Å². The predicted octanol–water partition coefficient (Wildman–Crippen LogP) is 3.51. The van der Waals surface area contributed by atoms with E-state index in [1.165, 1.54) is 12.1 Å². The Balaban J connectivity index is 2.13. The van der Waals surface area contributed by atoms with Crippen LogP contribution in [0.5, 0.6) is 0 Å². The molecule has 0 aliphatic rings. The van der Waals surface area contributed by atoms with Crippen LogP contribution in [0.15, 0.2) is 22.8 Å². The Morgan fingerprint density at radius 2 is 2.11 bits per heavy atom. The second-order valence-corrected chi connectivity index (χ2v) is 4.75. The highest BCUT2D eigenvalue weighted by Gasteiger charge is 2.35. The molecule has 2 N–H and O–H groups in total. The molecule has 8 heteroatoms. The van der Waals surface area contributed by atoms with Gasteiger partial charge < -0.3 is 10.3 Å². The van der Waals surface area contributed by atoms with E-state index in [4.69, 9.17) is 0 Å². The first kappa shape index (κ1) is 13.9. The summed E-state index contributed by atoms with van der Waals surface area (Å²) in [6.07, 6.45) is -2.84. The number of anilines is 1. The molecule has 2 aromatic heterocycles. The number of rotatable bonds is 3. The normalized spacial score (nSPS) is 11.6. The van der Waals surface area contributed by atoms with E-state index in [0.717, 1.165) is 5.69 Å². The number of nitrogens with one attached hydrogen (secondary N) is 2. The van der Waals surface area contributed by atoms with Crippen LogP contribution in [0.25, 0.3) is 0 Å². The van der Waals surface area contributed by atoms with E-state index >= 15 is 0 Å². The van der Waals surface area contributed by atoms with Gasteiger partial charge in [0.25, 0.3) is 0 Å². The summed E-state index contributed by atoms with van der Waals surface area (Å²) in [5.41, 5.74) is -0.0651. The summed E-state index contributed by atoms with van der Waals surface area (Å²) in [6, 6.07) is 2.78. The summed E-state index contributed by atoms with van der Waals surface area (Å²) >= 11 is 2.84. The average Bonchev–Trinajstić information content (AvgIpc) is 2.72. The summed E-state index contributed by atoms with van der Waals surface area (Å²) in [7, 11) is 0. The van der Waals surface area contributed by atoms with Crippen molar-refractivity contribution in [3.05, 3.63) is 40.0 Å². The van der Waals surface area contributed by atoms with Crippen molar-refractivity contribution in [1.29, 1.82) is 0 Å². The number of hydrogen-bond acceptors (Lipinski definition) is 3. The van der Waals surface area contributed by atoms with Gasteiger partial charge in [0, 0.05) is 16.4 Å². The van der Waals surface area contributed by atoms with Crippen LogP contribution in [-0.2, 0) is 12.7 Å². The van der Waals surface area contributed by atoms with Gasteiger partial charge in [0.05, 0.1) is 6.54 Å². The fourth-order valence-corrected chi connectivity index (χ4v) is 1.92. The summed E-state index contributed by atoms with van der Waals surface area (Å²) in [5, 5.41) is 2.79. The van der Waals surface area contributed by atoms with Crippen LogP contribution in [0.1, 0.15) is 17.2 Å². The maximum Gasteiger partial charge on any atom is 0.434 e. The quantitative estimate of drug-likeness (QED) is 0.903. The van der Waals surface area contributed by atoms with Crippen LogP contribution >= 0.6 is 15.9 Å². The lowest BCUT2D eigenvalue weighted by Gasteiger charge is -2.10. The van der Waals surface area contributed by atoms with Crippen LogP contribution in [0, 0.1) is 6.92 Å². The zero-order chi connectivity index (χ0) is 14.0. The first-order valence-electron chi connectivity index (χ1n) is 5.34. The maximum absolute atomic E-state index is 12.7. The zero-order valence-corrected chi connectivity index (χ0v) is 11.4. The minimum absolute atomic E-state index is 0.0839. The molecule has 2 rings (SSSR count). The fourth-order valence-electron chi connectivity index (χ4n) is 1.47. The Bertz CT molecular complexity index is 580. The zero-order valence-electron chi connectivity index (χ0n) is 9.85. The van der Waals surface area contributed by atoms with Crippen molar-refractivity contribution in [3.63, 3.8) is 0 Å². The van der Waals surface area contributed by atoms with Gasteiger partial charge >= 0.3 is 6.18 Å². The molecule has 102 valence electrons. The molecular weight excluding hydrogens is 325 g/mol. The molecule has 4 nitrogen and oxygen atoms in total. The monoisotopic (exact) mass is 334 g/mol. The SMILES string of the molecule is Cc1cnc(CNc2ccc(Br)c(C(F)(F)F)n2)[nH]1. The van der Waals surface area contributed by atoms with Crippen molar-refractivity contribution in [3.8, 4) is 0 Å². The number of H-pyrrole nitrogens is 1. The molecule has 0 unspecified atom stereocenters. The number of pyridine rings is 1. The lowest BCUT2D eigenvalue weighted by atomic mass is 10.3. The van der Waals surface area contributed by atoms with E-state index < -0.39 is 11.9 Å². The Morgan fingerprint density at radius 1 is 1.37 bits per heavy atom. The predicted molar refractivity (Wildman–Crippen MR) is 67.6 cm³/mol. The first-order valence-corrected chi connectivity index (χ1v) is 6.13. The Labute approximate surface area is 115 Å². The van der Waals surface area contributed by atoms with Gasteiger partial charge in [0.1, 0.15) is 11.6 Å². The third-order valence-corrected chi connectivity index (χ3v) is 2.95. The largest absolute Gasteiger partial charge is 0.434 e. The van der Waals surface area contributed by atoms with E-state index in [-0.39, 0.29) is 16.8 Å². The lowest BCUT2D eigenvalue weighted by Crippen LogP contribution is -2.11. The third-order valence-electron chi connectivity index (χ3n) is 2.31. The molecule has 0 spiro atoms. The Kier molecular flexibility index (Phi) is 3.79. The number of halogens is 4. The first-order chi connectivity index (χ1) is 8.86. The Hall–Kier alpha value is -1.57. The van der Waals surface area contributed by atoms with Gasteiger partial charge in [-0.3, -0.25) is 0 Å². The third kappa shape index (κ3) is 3.46. The molecule has 0 fully saturated rings. The highest BCUT2D eigenvalue weighted by atomic mass is 79.9. The topological polar surface area (TPSA) is 53.6 Å². The molecule has 19 heavy (non-hydrogen) atoms. The molecule has 0 aliphatic carbocycles. The van der Waals surface area contributed by atoms with Crippen molar-refractivity contribution < 1.29 is 13.2 Å². The summed E-state index contributed by atoms with van der Waals surface area (Å²) in [6.45, 7) is 2.12. The number of aromatic amines is 1. The number of hydrogen-bond donors (Lipinski definition) is 2. The van der Waals surface area contributed by atoms with E-state index in [2.05, 4.69) is 36.2 Å². The van der Waals surface area contributed by atoms with Crippen molar-refractivity contribution in [2.45, 2.75) is 19.6 Å². The highest BCUT2D eigenvalue weighted by molar-refractivity contribution is 9.10. The fraction of sp³-hybridized carbons (Fsp3) is 0.273. The van der Waals surface area contributed by atoms with Crippen molar-refractivity contribution in [1.82, 2.24) is 15.0 Å². The lowest BCUT2D eigenvalue weighted by molar-refractivity contribution is -0.141. The maximum atomic E-state index is 12.7. The minimum atomic E-state index is -4.49. The number of imidazole rings is 1. The van der Waals surface area contributed by atoms with Gasteiger partial charge in [0.2, 0.25) is 0 Å². The Morgan fingerprint density at radius 3 is 2.68 bits per heavy atom. The van der Waals surface area contributed by atoms with Gasteiger partial charge in [-0.2, -0.15) is 13.2 Å². The van der Waals surface area contributed by atoms with Crippen LogP contribution < -0.4 is 5.32 Å². The van der Waals surface area contributed by atoms with Crippen molar-refractivity contribution in [2.75, 3.05) is 5.32 Å². The highest BCUT2D eigenvalue weighted by Crippen LogP contribution is 2.33. The van der Waals surface area contributed by atoms with Crippen LogP contribution in [0.4, 0.5) is 19.0 Å². The average molecular weight is 335 g/mol. The number of alkyl halides is 3. The van der Waals surface area contributed by atoms with Crippen molar-refractivity contribution >= 4 is 21.7 Å². The summed E-state index contributed by atoms with van der Waals surface area (Å²) in [5.74, 6) is 0.778. The molecular formula is C11H10BrF3N4. The molecule has 0 bridgehead atoms. The van der Waals surface area contributed by atoms with Crippen LogP contribution in [0.3, 0.4) is 0 Å². The standard InChI is InChI=1S/C11H10BrF3N4/c1-6-4-16-9(18-6)5-17-8-3-2-7(12)10(19-8)11(13,14)15/h2-4H,5H2,1H3,(H,16,18)(H,17,19). The molecule has 0 aromatic carbocycles. The van der Waals surface area contributed by atoms with Gasteiger partial charge in [0.15, 0.2) is 5.69 Å². The van der Waals surface area contributed by atoms with Gasteiger partial charge in [-0.15, -0.1) is 0 Å². The van der Waals surface area contributed by atoms with E-state index in [1.807, 2.05) is 6.92 Å². The van der Waals surface area contributed by atoms with Crippen molar-refractivity contribution in [2.24, 2.45) is 0 Å². The summed E-state index contributed by atoms with van der Waals surface area (Å²) in [4.78, 5) is 10.6. The molecule has 0 radical (unpaired) electrons. The number of aryl methyl sites for hydroxylation is 1. The van der Waals surface area contributed by atoms with Gasteiger partial charge in [-0.25, -0.2) is 9.97 Å². The molecule has 0 atom stereocenters. The summed E-state index contributed by atoms with van der Waals surface area (Å²) < 4.78 is 37.9. The molecule has 0 amide bonds. The number of nitrogens with zero attached hydrogens (tertiary/aromatic N) is 2. The second-order valence-electron chi connectivity index (χ2n) is 3.89. The molecule has 0 aliphatic heterocycles. The van der Waals surface area contributed by atoms with Gasteiger partial charge in [-0.05, 0) is 35.0 Å². The van der Waals surface area contributed by atoms with Crippen LogP contribution in [0.2, 0.25) is 0 Å². The van der Waals surface area contributed by atoms with E-state index in [9.17, 15) is 13.2 Å². The minimum Gasteiger partial charge on any atom is -0.363 e. The van der Waals surface area contributed by atoms with E-state index in [1.54, 1.807) is 6.20 Å². The second kappa shape index (κ2) is 5.20. The number of aromatic nitrogens is 3. The van der Waals surface area contributed by atoms with Gasteiger partial charge in [-0.1, -0.05) is 0 Å². The molecule has 2 aromatic rings. The van der Waals surface area contributed by atoms with E-state index in [0.29, 0.717) is 5.82 Å².